The third kappa shape index (κ3) is 6.69. The fourth-order valence-corrected chi connectivity index (χ4v) is 2.42. The molecule has 1 atom stereocenters. The standard InChI is InChI=1S/C20H29NO4/c1-12(2)7-8-18(22)21-11-19(23)25-16(6)20(24)17-10-14(4)13(3)9-15(17)5/h9-10,12,16H,7-8,11H2,1-6H3,(H,21,22). The van der Waals surface area contributed by atoms with Crippen LogP contribution in [0.4, 0.5) is 0 Å². The van der Waals surface area contributed by atoms with E-state index >= 15 is 0 Å². The molecule has 1 aromatic rings. The van der Waals surface area contributed by atoms with Gasteiger partial charge in [0, 0.05) is 12.0 Å². The van der Waals surface area contributed by atoms with E-state index in [0.29, 0.717) is 17.9 Å². The van der Waals surface area contributed by atoms with E-state index in [9.17, 15) is 14.4 Å². The van der Waals surface area contributed by atoms with E-state index in [2.05, 4.69) is 5.32 Å². The summed E-state index contributed by atoms with van der Waals surface area (Å²) in [5.74, 6) is -0.605. The summed E-state index contributed by atoms with van der Waals surface area (Å²) >= 11 is 0. The van der Waals surface area contributed by atoms with Gasteiger partial charge in [0.05, 0.1) is 0 Å². The van der Waals surface area contributed by atoms with Crippen molar-refractivity contribution in [2.24, 2.45) is 5.92 Å². The zero-order valence-corrected chi connectivity index (χ0v) is 16.1. The smallest absolute Gasteiger partial charge is 0.326 e. The molecule has 138 valence electrons. The van der Waals surface area contributed by atoms with Crippen LogP contribution in [0, 0.1) is 26.7 Å². The lowest BCUT2D eigenvalue weighted by atomic mass is 9.96. The van der Waals surface area contributed by atoms with Crippen LogP contribution in [0.15, 0.2) is 12.1 Å². The van der Waals surface area contributed by atoms with Crippen LogP contribution in [0.1, 0.15) is 60.7 Å². The fourth-order valence-electron chi connectivity index (χ4n) is 2.42. The maximum absolute atomic E-state index is 12.5. The van der Waals surface area contributed by atoms with E-state index < -0.39 is 12.1 Å². The van der Waals surface area contributed by atoms with Crippen LogP contribution in [0.2, 0.25) is 0 Å². The van der Waals surface area contributed by atoms with Crippen molar-refractivity contribution in [3.8, 4) is 0 Å². The van der Waals surface area contributed by atoms with Gasteiger partial charge in [0.1, 0.15) is 6.54 Å². The number of hydrogen-bond donors (Lipinski definition) is 1. The van der Waals surface area contributed by atoms with Crippen LogP contribution in [-0.2, 0) is 14.3 Å². The van der Waals surface area contributed by atoms with Crippen LogP contribution in [0.5, 0.6) is 0 Å². The molecule has 5 nitrogen and oxygen atoms in total. The van der Waals surface area contributed by atoms with Gasteiger partial charge >= 0.3 is 5.97 Å². The Morgan fingerprint density at radius 2 is 1.60 bits per heavy atom. The summed E-state index contributed by atoms with van der Waals surface area (Å²) in [5, 5.41) is 2.53. The van der Waals surface area contributed by atoms with E-state index in [4.69, 9.17) is 4.74 Å². The molecule has 1 unspecified atom stereocenters. The molecule has 0 aliphatic carbocycles. The Hall–Kier alpha value is -2.17. The van der Waals surface area contributed by atoms with E-state index in [-0.39, 0.29) is 18.2 Å². The van der Waals surface area contributed by atoms with Crippen molar-refractivity contribution in [3.63, 3.8) is 0 Å². The second kappa shape index (κ2) is 9.35. The molecule has 25 heavy (non-hydrogen) atoms. The van der Waals surface area contributed by atoms with Crippen molar-refractivity contribution >= 4 is 17.7 Å². The third-order valence-corrected chi connectivity index (χ3v) is 4.16. The van der Waals surface area contributed by atoms with Crippen LogP contribution in [0.3, 0.4) is 0 Å². The van der Waals surface area contributed by atoms with Gasteiger partial charge in [-0.2, -0.15) is 0 Å². The molecule has 1 N–H and O–H groups in total. The van der Waals surface area contributed by atoms with Crippen LogP contribution in [-0.4, -0.2) is 30.3 Å². The Morgan fingerprint density at radius 3 is 2.20 bits per heavy atom. The van der Waals surface area contributed by atoms with Gasteiger partial charge in [-0.25, -0.2) is 0 Å². The number of amides is 1. The van der Waals surface area contributed by atoms with Gasteiger partial charge in [-0.15, -0.1) is 0 Å². The Kier molecular flexibility index (Phi) is 7.81. The molecule has 0 saturated heterocycles. The molecule has 1 amide bonds. The average Bonchev–Trinajstić information content (AvgIpc) is 2.53. The lowest BCUT2D eigenvalue weighted by Gasteiger charge is -2.15. The van der Waals surface area contributed by atoms with Gasteiger partial charge in [-0.1, -0.05) is 19.9 Å². The molecular formula is C20H29NO4. The van der Waals surface area contributed by atoms with E-state index in [1.807, 2.05) is 46.8 Å². The number of benzene rings is 1. The number of hydrogen-bond acceptors (Lipinski definition) is 4. The quantitative estimate of drug-likeness (QED) is 0.578. The van der Waals surface area contributed by atoms with E-state index in [0.717, 1.165) is 23.1 Å². The summed E-state index contributed by atoms with van der Waals surface area (Å²) < 4.78 is 5.16. The van der Waals surface area contributed by atoms with Crippen LogP contribution < -0.4 is 5.32 Å². The highest BCUT2D eigenvalue weighted by Crippen LogP contribution is 2.18. The van der Waals surface area contributed by atoms with Crippen molar-refractivity contribution in [2.45, 2.75) is 60.5 Å². The van der Waals surface area contributed by atoms with Gasteiger partial charge in [-0.3, -0.25) is 14.4 Å². The first kappa shape index (κ1) is 20.9. The number of esters is 1. The van der Waals surface area contributed by atoms with Crippen molar-refractivity contribution in [1.29, 1.82) is 0 Å². The molecule has 1 rings (SSSR count). The first-order valence-electron chi connectivity index (χ1n) is 8.70. The Labute approximate surface area is 150 Å². The lowest BCUT2D eigenvalue weighted by molar-refractivity contribution is -0.146. The largest absolute Gasteiger partial charge is 0.453 e. The fraction of sp³-hybridized carbons (Fsp3) is 0.550. The Morgan fingerprint density at radius 1 is 1.00 bits per heavy atom. The van der Waals surface area contributed by atoms with Crippen LogP contribution >= 0.6 is 0 Å². The summed E-state index contributed by atoms with van der Waals surface area (Å²) in [4.78, 5) is 36.0. The average molecular weight is 347 g/mol. The minimum atomic E-state index is -0.888. The number of ether oxygens (including phenoxy) is 1. The predicted molar refractivity (Wildman–Crippen MR) is 97.6 cm³/mol. The molecule has 0 aromatic heterocycles. The summed E-state index contributed by atoms with van der Waals surface area (Å²) in [7, 11) is 0. The monoisotopic (exact) mass is 347 g/mol. The molecule has 0 saturated carbocycles. The molecule has 0 fully saturated rings. The zero-order valence-electron chi connectivity index (χ0n) is 16.1. The van der Waals surface area contributed by atoms with E-state index in [1.165, 1.54) is 0 Å². The molecule has 0 radical (unpaired) electrons. The molecule has 0 heterocycles. The molecule has 5 heteroatoms. The zero-order chi connectivity index (χ0) is 19.1. The third-order valence-electron chi connectivity index (χ3n) is 4.16. The number of Topliss-reactive ketones (excluding diaryl/α,β-unsaturated/α-hetero) is 1. The first-order valence-corrected chi connectivity index (χ1v) is 8.70. The molecule has 0 spiro atoms. The van der Waals surface area contributed by atoms with Crippen molar-refractivity contribution in [3.05, 3.63) is 34.4 Å². The molecule has 1 aromatic carbocycles. The molecule has 0 aliphatic rings. The minimum Gasteiger partial charge on any atom is -0.453 e. The minimum absolute atomic E-state index is 0.186. The van der Waals surface area contributed by atoms with Crippen molar-refractivity contribution in [1.82, 2.24) is 5.32 Å². The highest BCUT2D eigenvalue weighted by molar-refractivity contribution is 6.01. The summed E-state index contributed by atoms with van der Waals surface area (Å²) in [6.45, 7) is 11.2. The number of carbonyl (C=O) groups is 3. The number of nitrogens with one attached hydrogen (secondary N) is 1. The Balaban J connectivity index is 2.56. The van der Waals surface area contributed by atoms with Gasteiger partial charge in [0.25, 0.3) is 0 Å². The SMILES string of the molecule is Cc1cc(C)c(C(=O)C(C)OC(=O)CNC(=O)CCC(C)C)cc1C. The van der Waals surface area contributed by atoms with Crippen molar-refractivity contribution < 1.29 is 19.1 Å². The van der Waals surface area contributed by atoms with Gasteiger partial charge < -0.3 is 10.1 Å². The normalized spacial score (nSPS) is 12.0. The first-order chi connectivity index (χ1) is 11.6. The summed E-state index contributed by atoms with van der Waals surface area (Å²) in [6, 6.07) is 3.77. The highest BCUT2D eigenvalue weighted by atomic mass is 16.5. The number of carbonyl (C=O) groups excluding carboxylic acids is 3. The highest BCUT2D eigenvalue weighted by Gasteiger charge is 2.21. The maximum atomic E-state index is 12.5. The van der Waals surface area contributed by atoms with Crippen molar-refractivity contribution in [2.75, 3.05) is 6.54 Å². The molecular weight excluding hydrogens is 318 g/mol. The van der Waals surface area contributed by atoms with Crippen LogP contribution in [0.25, 0.3) is 0 Å². The lowest BCUT2D eigenvalue weighted by Crippen LogP contribution is -2.34. The number of ketones is 1. The summed E-state index contributed by atoms with van der Waals surface area (Å²) in [6.07, 6.45) is 0.254. The second-order valence-electron chi connectivity index (χ2n) is 6.96. The van der Waals surface area contributed by atoms with E-state index in [1.54, 1.807) is 6.92 Å². The molecule has 0 bridgehead atoms. The van der Waals surface area contributed by atoms with Gasteiger partial charge in [0.2, 0.25) is 11.7 Å². The topological polar surface area (TPSA) is 72.5 Å². The Bertz CT molecular complexity index is 649. The second-order valence-corrected chi connectivity index (χ2v) is 6.96. The van der Waals surface area contributed by atoms with Gasteiger partial charge in [-0.05, 0) is 62.8 Å². The molecule has 0 aliphatic heterocycles. The summed E-state index contributed by atoms with van der Waals surface area (Å²) in [5.41, 5.74) is 3.55. The maximum Gasteiger partial charge on any atom is 0.326 e. The number of aryl methyl sites for hydroxylation is 3. The number of rotatable bonds is 8. The predicted octanol–water partition coefficient (Wildman–Crippen LogP) is 3.28. The van der Waals surface area contributed by atoms with Gasteiger partial charge in [0.15, 0.2) is 6.10 Å².